The van der Waals surface area contributed by atoms with Gasteiger partial charge >= 0.3 is 0 Å². The minimum absolute atomic E-state index is 0.0319. The van der Waals surface area contributed by atoms with Crippen LogP contribution in [0.5, 0.6) is 5.75 Å². The standard InChI is InChI=1S/C24H19FN4O4S/c1-15-6-8-18(9-7-15)28-23(20-4-2-3-5-21(20)25)26-27-24(28)34-13-17-11-19(29(30)31)10-16-12-32-14-33-22(16)17/h2-11H,12-14H2,1H3. The summed E-state index contributed by atoms with van der Waals surface area (Å²) in [6, 6.07) is 17.1. The topological polar surface area (TPSA) is 92.3 Å². The first-order valence-corrected chi connectivity index (χ1v) is 11.4. The number of aromatic nitrogens is 3. The van der Waals surface area contributed by atoms with Crippen molar-refractivity contribution in [3.8, 4) is 22.8 Å². The average Bonchev–Trinajstić information content (AvgIpc) is 3.26. The van der Waals surface area contributed by atoms with Crippen LogP contribution in [0.15, 0.2) is 65.8 Å². The van der Waals surface area contributed by atoms with E-state index in [1.807, 2.05) is 31.2 Å². The van der Waals surface area contributed by atoms with E-state index < -0.39 is 10.7 Å². The summed E-state index contributed by atoms with van der Waals surface area (Å²) in [5, 5.41) is 20.6. The fraction of sp³-hybridized carbons (Fsp3) is 0.167. The Morgan fingerprint density at radius 1 is 1.15 bits per heavy atom. The SMILES string of the molecule is Cc1ccc(-n2c(SCc3cc([N+](=O)[O-])cc4c3OCOC4)nnc2-c2ccccc2F)cc1. The molecule has 1 aliphatic heterocycles. The van der Waals surface area contributed by atoms with Crippen molar-refractivity contribution in [3.05, 3.63) is 93.3 Å². The van der Waals surface area contributed by atoms with E-state index in [1.165, 1.54) is 30.0 Å². The summed E-state index contributed by atoms with van der Waals surface area (Å²) < 4.78 is 27.3. The first kappa shape index (κ1) is 22.1. The van der Waals surface area contributed by atoms with Gasteiger partial charge in [0.1, 0.15) is 11.6 Å². The molecule has 5 rings (SSSR count). The van der Waals surface area contributed by atoms with Crippen molar-refractivity contribution in [2.45, 2.75) is 24.4 Å². The van der Waals surface area contributed by atoms with Gasteiger partial charge in [0.05, 0.1) is 17.1 Å². The quantitative estimate of drug-likeness (QED) is 0.207. The van der Waals surface area contributed by atoms with Crippen molar-refractivity contribution in [3.63, 3.8) is 0 Å². The number of halogens is 1. The van der Waals surface area contributed by atoms with E-state index in [0.717, 1.165) is 11.3 Å². The van der Waals surface area contributed by atoms with Gasteiger partial charge in [0.15, 0.2) is 17.8 Å². The molecule has 8 nitrogen and oxygen atoms in total. The lowest BCUT2D eigenvalue weighted by atomic mass is 10.1. The fourth-order valence-corrected chi connectivity index (χ4v) is 4.66. The van der Waals surface area contributed by atoms with Crippen molar-refractivity contribution in [1.29, 1.82) is 0 Å². The number of nitrogens with zero attached hydrogens (tertiary/aromatic N) is 4. The van der Waals surface area contributed by atoms with Crippen LogP contribution < -0.4 is 4.74 Å². The van der Waals surface area contributed by atoms with Crippen LogP contribution in [0, 0.1) is 22.9 Å². The third-order valence-corrected chi connectivity index (χ3v) is 6.36. The minimum Gasteiger partial charge on any atom is -0.467 e. The van der Waals surface area contributed by atoms with Crippen LogP contribution in [0.3, 0.4) is 0 Å². The Labute approximate surface area is 198 Å². The largest absolute Gasteiger partial charge is 0.467 e. The molecule has 34 heavy (non-hydrogen) atoms. The van der Waals surface area contributed by atoms with E-state index in [-0.39, 0.29) is 19.1 Å². The molecule has 0 aliphatic carbocycles. The first-order chi connectivity index (χ1) is 16.5. The second-order valence-electron chi connectivity index (χ2n) is 7.71. The zero-order chi connectivity index (χ0) is 23.7. The molecule has 0 spiro atoms. The maximum absolute atomic E-state index is 14.6. The predicted molar refractivity (Wildman–Crippen MR) is 124 cm³/mol. The average molecular weight is 479 g/mol. The number of fused-ring (bicyclic) bond motifs is 1. The van der Waals surface area contributed by atoms with Crippen LogP contribution in [0.4, 0.5) is 10.1 Å². The van der Waals surface area contributed by atoms with Gasteiger partial charge in [0, 0.05) is 34.7 Å². The van der Waals surface area contributed by atoms with Gasteiger partial charge in [0.2, 0.25) is 0 Å². The van der Waals surface area contributed by atoms with Crippen LogP contribution in [0.2, 0.25) is 0 Å². The molecule has 0 N–H and O–H groups in total. The molecular formula is C24H19FN4O4S. The molecule has 10 heteroatoms. The maximum atomic E-state index is 14.6. The summed E-state index contributed by atoms with van der Waals surface area (Å²) in [5.41, 5.74) is 3.45. The van der Waals surface area contributed by atoms with Crippen molar-refractivity contribution in [1.82, 2.24) is 14.8 Å². The first-order valence-electron chi connectivity index (χ1n) is 10.4. The smallest absolute Gasteiger partial charge is 0.270 e. The molecule has 1 aliphatic rings. The highest BCUT2D eigenvalue weighted by atomic mass is 32.2. The third-order valence-electron chi connectivity index (χ3n) is 5.38. The molecule has 0 unspecified atom stereocenters. The van der Waals surface area contributed by atoms with Gasteiger partial charge in [-0.05, 0) is 31.2 Å². The normalized spacial score (nSPS) is 12.8. The van der Waals surface area contributed by atoms with Gasteiger partial charge in [-0.15, -0.1) is 10.2 Å². The van der Waals surface area contributed by atoms with Crippen LogP contribution >= 0.6 is 11.8 Å². The minimum atomic E-state index is -0.436. The molecule has 4 aromatic rings. The molecule has 172 valence electrons. The Morgan fingerprint density at radius 2 is 1.94 bits per heavy atom. The third kappa shape index (κ3) is 4.25. The van der Waals surface area contributed by atoms with Gasteiger partial charge < -0.3 is 9.47 Å². The zero-order valence-electron chi connectivity index (χ0n) is 18.1. The second kappa shape index (κ2) is 9.24. The summed E-state index contributed by atoms with van der Waals surface area (Å²) in [5.74, 6) is 0.891. The predicted octanol–water partition coefficient (Wildman–Crippen LogP) is 5.45. The lowest BCUT2D eigenvalue weighted by Crippen LogP contribution is -2.13. The number of non-ortho nitro benzene ring substituents is 1. The number of hydrogen-bond donors (Lipinski definition) is 0. The molecular weight excluding hydrogens is 459 g/mol. The van der Waals surface area contributed by atoms with Crippen molar-refractivity contribution >= 4 is 17.4 Å². The molecule has 0 radical (unpaired) electrons. The molecule has 2 heterocycles. The summed E-state index contributed by atoms with van der Waals surface area (Å²) in [6.45, 7) is 2.31. The molecule has 0 amide bonds. The van der Waals surface area contributed by atoms with Gasteiger partial charge in [-0.1, -0.05) is 41.6 Å². The van der Waals surface area contributed by atoms with Crippen molar-refractivity contribution in [2.24, 2.45) is 0 Å². The number of nitro groups is 1. The monoisotopic (exact) mass is 478 g/mol. The number of rotatable bonds is 6. The lowest BCUT2D eigenvalue weighted by Gasteiger charge is -2.20. The van der Waals surface area contributed by atoms with Gasteiger partial charge in [-0.3, -0.25) is 14.7 Å². The molecule has 3 aromatic carbocycles. The molecule has 0 atom stereocenters. The number of benzene rings is 3. The Hall–Kier alpha value is -3.76. The number of hydrogen-bond acceptors (Lipinski definition) is 7. The lowest BCUT2D eigenvalue weighted by molar-refractivity contribution is -0.385. The number of aryl methyl sites for hydroxylation is 1. The number of thioether (sulfide) groups is 1. The van der Waals surface area contributed by atoms with Crippen LogP contribution in [-0.2, 0) is 17.1 Å². The van der Waals surface area contributed by atoms with E-state index in [9.17, 15) is 14.5 Å². The van der Waals surface area contributed by atoms with E-state index in [1.54, 1.807) is 22.8 Å². The van der Waals surface area contributed by atoms with Crippen molar-refractivity contribution in [2.75, 3.05) is 6.79 Å². The van der Waals surface area contributed by atoms with E-state index >= 15 is 0 Å². The van der Waals surface area contributed by atoms with E-state index in [4.69, 9.17) is 9.47 Å². The second-order valence-corrected chi connectivity index (χ2v) is 8.65. The summed E-state index contributed by atoms with van der Waals surface area (Å²) >= 11 is 1.34. The Balaban J connectivity index is 1.55. The van der Waals surface area contributed by atoms with Gasteiger partial charge in [-0.25, -0.2) is 4.39 Å². The maximum Gasteiger partial charge on any atom is 0.270 e. The van der Waals surface area contributed by atoms with Crippen LogP contribution in [0.1, 0.15) is 16.7 Å². The zero-order valence-corrected chi connectivity index (χ0v) is 18.9. The molecule has 0 saturated heterocycles. The highest BCUT2D eigenvalue weighted by Crippen LogP contribution is 2.37. The summed E-state index contributed by atoms with van der Waals surface area (Å²) in [7, 11) is 0. The van der Waals surface area contributed by atoms with Crippen LogP contribution in [0.25, 0.3) is 17.1 Å². The highest BCUT2D eigenvalue weighted by molar-refractivity contribution is 7.98. The summed E-state index contributed by atoms with van der Waals surface area (Å²) in [4.78, 5) is 11.0. The molecule has 0 bridgehead atoms. The van der Waals surface area contributed by atoms with E-state index in [2.05, 4.69) is 10.2 Å². The Kier molecular flexibility index (Phi) is 5.99. The number of ether oxygens (including phenoxy) is 2. The fourth-order valence-electron chi connectivity index (χ4n) is 3.74. The van der Waals surface area contributed by atoms with E-state index in [0.29, 0.717) is 39.2 Å². The van der Waals surface area contributed by atoms with Gasteiger partial charge in [-0.2, -0.15) is 0 Å². The molecule has 0 saturated carbocycles. The Bertz CT molecular complexity index is 1370. The molecule has 1 aromatic heterocycles. The summed E-state index contributed by atoms with van der Waals surface area (Å²) in [6.07, 6.45) is 0. The highest BCUT2D eigenvalue weighted by Gasteiger charge is 2.23. The van der Waals surface area contributed by atoms with Crippen molar-refractivity contribution < 1.29 is 18.8 Å². The number of nitro benzene ring substituents is 1. The van der Waals surface area contributed by atoms with Crippen LogP contribution in [-0.4, -0.2) is 26.5 Å². The van der Waals surface area contributed by atoms with Gasteiger partial charge in [0.25, 0.3) is 5.69 Å². The Morgan fingerprint density at radius 3 is 2.71 bits per heavy atom. The molecule has 0 fully saturated rings.